The zero-order valence-electron chi connectivity index (χ0n) is 13.9. The minimum Gasteiger partial charge on any atom is -0.351 e. The van der Waals surface area contributed by atoms with Gasteiger partial charge in [-0.2, -0.15) is 5.10 Å². The minimum atomic E-state index is -0.177. The first kappa shape index (κ1) is 15.2. The normalized spacial score (nSPS) is 10.9. The van der Waals surface area contributed by atoms with Crippen LogP contribution in [0.15, 0.2) is 66.9 Å². The number of H-pyrrole nitrogens is 1. The molecule has 2 N–H and O–H groups in total. The fourth-order valence-corrected chi connectivity index (χ4v) is 2.87. The molecule has 5 nitrogen and oxygen atoms in total. The summed E-state index contributed by atoms with van der Waals surface area (Å²) in [6, 6.07) is 19.8. The van der Waals surface area contributed by atoms with E-state index in [1.807, 2.05) is 61.5 Å². The molecule has 0 aliphatic carbocycles. The highest BCUT2D eigenvalue weighted by molar-refractivity contribution is 6.05. The van der Waals surface area contributed by atoms with E-state index in [2.05, 4.69) is 15.4 Å². The highest BCUT2D eigenvalue weighted by atomic mass is 16.2. The second-order valence-electron chi connectivity index (χ2n) is 6.09. The van der Waals surface area contributed by atoms with Crippen LogP contribution in [-0.4, -0.2) is 20.7 Å². The number of carbonyl (C=O) groups excluding carboxylic acids is 1. The Bertz CT molecular complexity index is 1030. The molecule has 4 aromatic rings. The third-order valence-corrected chi connectivity index (χ3v) is 4.16. The fourth-order valence-electron chi connectivity index (χ4n) is 2.87. The van der Waals surface area contributed by atoms with E-state index in [9.17, 15) is 4.79 Å². The summed E-state index contributed by atoms with van der Waals surface area (Å²) in [7, 11) is 0. The molecule has 4 rings (SSSR count). The van der Waals surface area contributed by atoms with Gasteiger partial charge in [-0.05, 0) is 30.2 Å². The maximum atomic E-state index is 12.6. The van der Waals surface area contributed by atoms with Gasteiger partial charge >= 0.3 is 0 Å². The predicted octanol–water partition coefficient (Wildman–Crippen LogP) is 3.97. The number of nitrogens with zero attached hydrogens (tertiary/aromatic N) is 2. The zero-order valence-corrected chi connectivity index (χ0v) is 13.9. The number of benzene rings is 2. The van der Waals surface area contributed by atoms with Crippen LogP contribution in [0.5, 0.6) is 0 Å². The molecule has 0 aliphatic heterocycles. The standard InChI is InChI=1S/C20H18N4O/c1-14-7-8-16-12-18(22-17(16)11-14)20(25)23-19-9-10-21-24(19)13-15-5-3-2-4-6-15/h2-12,22H,13H2,1H3,(H,23,25). The molecular weight excluding hydrogens is 312 g/mol. The molecule has 25 heavy (non-hydrogen) atoms. The highest BCUT2D eigenvalue weighted by Crippen LogP contribution is 2.18. The number of amides is 1. The second-order valence-corrected chi connectivity index (χ2v) is 6.09. The predicted molar refractivity (Wildman–Crippen MR) is 98.8 cm³/mol. The Balaban J connectivity index is 1.55. The van der Waals surface area contributed by atoms with Crippen molar-refractivity contribution < 1.29 is 4.79 Å². The van der Waals surface area contributed by atoms with E-state index in [1.165, 1.54) is 0 Å². The molecule has 0 saturated heterocycles. The lowest BCUT2D eigenvalue weighted by Crippen LogP contribution is -2.16. The molecule has 124 valence electrons. The number of aryl methyl sites for hydroxylation is 1. The Kier molecular flexibility index (Phi) is 3.82. The zero-order chi connectivity index (χ0) is 17.2. The smallest absolute Gasteiger partial charge is 0.273 e. The van der Waals surface area contributed by atoms with Gasteiger partial charge in [0.05, 0.1) is 12.7 Å². The maximum absolute atomic E-state index is 12.6. The van der Waals surface area contributed by atoms with Crippen molar-refractivity contribution in [3.05, 3.63) is 83.7 Å². The number of carbonyl (C=O) groups is 1. The third-order valence-electron chi connectivity index (χ3n) is 4.16. The van der Waals surface area contributed by atoms with Crippen molar-refractivity contribution >= 4 is 22.6 Å². The van der Waals surface area contributed by atoms with Crippen LogP contribution >= 0.6 is 0 Å². The SMILES string of the molecule is Cc1ccc2cc(C(=O)Nc3ccnn3Cc3ccccc3)[nH]c2c1. The molecule has 0 saturated carbocycles. The van der Waals surface area contributed by atoms with Crippen LogP contribution in [0, 0.1) is 6.92 Å². The molecule has 2 aromatic carbocycles. The van der Waals surface area contributed by atoms with Crippen LogP contribution in [0.1, 0.15) is 21.6 Å². The van der Waals surface area contributed by atoms with Gasteiger partial charge in [-0.3, -0.25) is 4.79 Å². The van der Waals surface area contributed by atoms with Crippen molar-refractivity contribution in [1.82, 2.24) is 14.8 Å². The third kappa shape index (κ3) is 3.17. The van der Waals surface area contributed by atoms with E-state index in [0.29, 0.717) is 18.1 Å². The Hall–Kier alpha value is -3.34. The van der Waals surface area contributed by atoms with Crippen molar-refractivity contribution in [1.29, 1.82) is 0 Å². The molecule has 2 heterocycles. The van der Waals surface area contributed by atoms with Gasteiger partial charge in [-0.15, -0.1) is 0 Å². The summed E-state index contributed by atoms with van der Waals surface area (Å²) in [5.41, 5.74) is 3.78. The summed E-state index contributed by atoms with van der Waals surface area (Å²) in [6.45, 7) is 2.64. The van der Waals surface area contributed by atoms with Crippen LogP contribution in [0.3, 0.4) is 0 Å². The first-order chi connectivity index (χ1) is 12.2. The minimum absolute atomic E-state index is 0.177. The lowest BCUT2D eigenvalue weighted by molar-refractivity contribution is 0.102. The fraction of sp³-hybridized carbons (Fsp3) is 0.100. The number of nitrogens with one attached hydrogen (secondary N) is 2. The van der Waals surface area contributed by atoms with E-state index in [1.54, 1.807) is 16.9 Å². The van der Waals surface area contributed by atoms with Crippen molar-refractivity contribution in [3.63, 3.8) is 0 Å². The number of hydrogen-bond donors (Lipinski definition) is 2. The lowest BCUT2D eigenvalue weighted by Gasteiger charge is -2.08. The number of anilines is 1. The van der Waals surface area contributed by atoms with Gasteiger partial charge in [-0.25, -0.2) is 4.68 Å². The van der Waals surface area contributed by atoms with Crippen LogP contribution in [0.2, 0.25) is 0 Å². The molecule has 0 unspecified atom stereocenters. The highest BCUT2D eigenvalue weighted by Gasteiger charge is 2.12. The molecule has 0 bridgehead atoms. The number of aromatic amines is 1. The molecular formula is C20H18N4O. The summed E-state index contributed by atoms with van der Waals surface area (Å²) < 4.78 is 1.78. The van der Waals surface area contributed by atoms with E-state index in [4.69, 9.17) is 0 Å². The van der Waals surface area contributed by atoms with Crippen molar-refractivity contribution in [3.8, 4) is 0 Å². The van der Waals surface area contributed by atoms with Gasteiger partial charge in [0.15, 0.2) is 0 Å². The van der Waals surface area contributed by atoms with Crippen molar-refractivity contribution in [2.45, 2.75) is 13.5 Å². The van der Waals surface area contributed by atoms with E-state index >= 15 is 0 Å². The van der Waals surface area contributed by atoms with Gasteiger partial charge in [0.2, 0.25) is 0 Å². The Morgan fingerprint density at radius 3 is 2.80 bits per heavy atom. The van der Waals surface area contributed by atoms with Crippen LogP contribution in [0.4, 0.5) is 5.82 Å². The number of rotatable bonds is 4. The van der Waals surface area contributed by atoms with Gasteiger partial charge < -0.3 is 10.3 Å². The topological polar surface area (TPSA) is 62.7 Å². The Morgan fingerprint density at radius 2 is 1.96 bits per heavy atom. The average molecular weight is 330 g/mol. The van der Waals surface area contributed by atoms with Crippen molar-refractivity contribution in [2.75, 3.05) is 5.32 Å². The quantitative estimate of drug-likeness (QED) is 0.594. The van der Waals surface area contributed by atoms with Crippen LogP contribution in [-0.2, 0) is 6.54 Å². The molecule has 1 amide bonds. The number of aromatic nitrogens is 3. The van der Waals surface area contributed by atoms with Gasteiger partial charge in [0.25, 0.3) is 5.91 Å². The van der Waals surface area contributed by atoms with E-state index in [-0.39, 0.29) is 5.91 Å². The first-order valence-electron chi connectivity index (χ1n) is 8.15. The lowest BCUT2D eigenvalue weighted by atomic mass is 10.2. The van der Waals surface area contributed by atoms with Crippen LogP contribution < -0.4 is 5.32 Å². The summed E-state index contributed by atoms with van der Waals surface area (Å²) >= 11 is 0. The molecule has 0 aliphatic rings. The Labute approximate surface area is 145 Å². The molecule has 0 fully saturated rings. The number of fused-ring (bicyclic) bond motifs is 1. The summed E-state index contributed by atoms with van der Waals surface area (Å²) in [6.07, 6.45) is 1.69. The Morgan fingerprint density at radius 1 is 1.12 bits per heavy atom. The summed E-state index contributed by atoms with van der Waals surface area (Å²) in [5, 5.41) is 8.26. The van der Waals surface area contributed by atoms with Crippen molar-refractivity contribution in [2.24, 2.45) is 0 Å². The van der Waals surface area contributed by atoms with Gasteiger partial charge in [0.1, 0.15) is 11.5 Å². The van der Waals surface area contributed by atoms with Gasteiger partial charge in [0, 0.05) is 17.0 Å². The summed E-state index contributed by atoms with van der Waals surface area (Å²) in [4.78, 5) is 15.8. The first-order valence-corrected chi connectivity index (χ1v) is 8.15. The molecule has 0 atom stereocenters. The van der Waals surface area contributed by atoms with Gasteiger partial charge in [-0.1, -0.05) is 42.5 Å². The number of hydrogen-bond acceptors (Lipinski definition) is 2. The largest absolute Gasteiger partial charge is 0.351 e. The van der Waals surface area contributed by atoms with E-state index in [0.717, 1.165) is 22.0 Å². The van der Waals surface area contributed by atoms with Crippen LogP contribution in [0.25, 0.3) is 10.9 Å². The molecule has 5 heteroatoms. The monoisotopic (exact) mass is 330 g/mol. The maximum Gasteiger partial charge on any atom is 0.273 e. The molecule has 0 radical (unpaired) electrons. The average Bonchev–Trinajstić information content (AvgIpc) is 3.22. The second kappa shape index (κ2) is 6.28. The van der Waals surface area contributed by atoms with E-state index < -0.39 is 0 Å². The molecule has 0 spiro atoms. The summed E-state index contributed by atoms with van der Waals surface area (Å²) in [5.74, 6) is 0.493. The molecule has 2 aromatic heterocycles.